The summed E-state index contributed by atoms with van der Waals surface area (Å²) in [5.74, 6) is 0.341. The van der Waals surface area contributed by atoms with E-state index in [0.717, 1.165) is 37.4 Å². The minimum Gasteiger partial charge on any atom is -0.379 e. The molecule has 23 heavy (non-hydrogen) atoms. The molecule has 3 rings (SSSR count). The van der Waals surface area contributed by atoms with Crippen molar-refractivity contribution in [3.8, 4) is 0 Å². The molecule has 2 fully saturated rings. The number of ether oxygens (including phenoxy) is 1. The minimum atomic E-state index is -3.42. The van der Waals surface area contributed by atoms with E-state index >= 15 is 0 Å². The lowest BCUT2D eigenvalue weighted by Crippen LogP contribution is -2.47. The van der Waals surface area contributed by atoms with Gasteiger partial charge in [0.25, 0.3) is 0 Å². The van der Waals surface area contributed by atoms with Crippen LogP contribution < -0.4 is 0 Å². The average Bonchev–Trinajstić information content (AvgIpc) is 2.93. The first-order chi connectivity index (χ1) is 10.9. The van der Waals surface area contributed by atoms with Gasteiger partial charge >= 0.3 is 0 Å². The molecule has 0 aromatic heterocycles. The maximum atomic E-state index is 13.1. The Labute approximate surface area is 139 Å². The minimum absolute atomic E-state index is 0.291. The van der Waals surface area contributed by atoms with Gasteiger partial charge in [0.2, 0.25) is 10.0 Å². The highest BCUT2D eigenvalue weighted by atomic mass is 32.2. The molecule has 2 saturated heterocycles. The Morgan fingerprint density at radius 3 is 2.52 bits per heavy atom. The van der Waals surface area contributed by atoms with Gasteiger partial charge in [-0.1, -0.05) is 19.1 Å². The molecule has 2 aliphatic heterocycles. The van der Waals surface area contributed by atoms with Crippen LogP contribution in [0.25, 0.3) is 0 Å². The van der Waals surface area contributed by atoms with E-state index in [1.165, 1.54) is 0 Å². The molecule has 0 aliphatic carbocycles. The van der Waals surface area contributed by atoms with Gasteiger partial charge in [-0.15, -0.1) is 0 Å². The van der Waals surface area contributed by atoms with Gasteiger partial charge in [0.15, 0.2) is 0 Å². The number of sulfonamides is 1. The molecule has 0 saturated carbocycles. The van der Waals surface area contributed by atoms with Crippen molar-refractivity contribution in [1.29, 1.82) is 0 Å². The summed E-state index contributed by atoms with van der Waals surface area (Å²) >= 11 is 0. The van der Waals surface area contributed by atoms with Crippen LogP contribution in [-0.4, -0.2) is 63.1 Å². The summed E-state index contributed by atoms with van der Waals surface area (Å²) in [6.07, 6.45) is 0. The van der Waals surface area contributed by atoms with Gasteiger partial charge in [-0.2, -0.15) is 4.31 Å². The summed E-state index contributed by atoms with van der Waals surface area (Å²) in [5.41, 5.74) is 1.80. The summed E-state index contributed by atoms with van der Waals surface area (Å²) in [5, 5.41) is 0. The SMILES string of the molecule is Cc1ccc(C)c(S(=O)(=O)N2C[C@@H](C)[C@@H](N3CCOCC3)C2)c1. The van der Waals surface area contributed by atoms with Gasteiger partial charge in [0, 0.05) is 32.2 Å². The lowest BCUT2D eigenvalue weighted by molar-refractivity contribution is 0.0126. The molecule has 1 aromatic carbocycles. The molecule has 0 spiro atoms. The fourth-order valence-corrected chi connectivity index (χ4v) is 5.48. The van der Waals surface area contributed by atoms with Gasteiger partial charge in [-0.25, -0.2) is 8.42 Å². The largest absolute Gasteiger partial charge is 0.379 e. The van der Waals surface area contributed by atoms with Gasteiger partial charge in [-0.05, 0) is 37.0 Å². The lowest BCUT2D eigenvalue weighted by atomic mass is 10.0. The molecular formula is C17H26N2O3S. The van der Waals surface area contributed by atoms with Crippen molar-refractivity contribution in [2.75, 3.05) is 39.4 Å². The highest BCUT2D eigenvalue weighted by Crippen LogP contribution is 2.29. The Morgan fingerprint density at radius 2 is 1.83 bits per heavy atom. The predicted octanol–water partition coefficient (Wildman–Crippen LogP) is 1.64. The summed E-state index contributed by atoms with van der Waals surface area (Å²) in [6.45, 7) is 10.4. The maximum absolute atomic E-state index is 13.1. The van der Waals surface area contributed by atoms with E-state index in [-0.39, 0.29) is 0 Å². The van der Waals surface area contributed by atoms with E-state index in [0.29, 0.717) is 29.9 Å². The zero-order chi connectivity index (χ0) is 16.6. The van der Waals surface area contributed by atoms with Gasteiger partial charge in [-0.3, -0.25) is 4.90 Å². The van der Waals surface area contributed by atoms with Gasteiger partial charge in [0.05, 0.1) is 18.1 Å². The number of rotatable bonds is 3. The van der Waals surface area contributed by atoms with Crippen LogP contribution in [0.3, 0.4) is 0 Å². The summed E-state index contributed by atoms with van der Waals surface area (Å²) in [6, 6.07) is 5.93. The van der Waals surface area contributed by atoms with Crippen molar-refractivity contribution in [3.63, 3.8) is 0 Å². The Bertz CT molecular complexity index is 668. The van der Waals surface area contributed by atoms with E-state index in [4.69, 9.17) is 4.74 Å². The topological polar surface area (TPSA) is 49.9 Å². The number of hydrogen-bond acceptors (Lipinski definition) is 4. The van der Waals surface area contributed by atoms with E-state index in [9.17, 15) is 8.42 Å². The van der Waals surface area contributed by atoms with Crippen LogP contribution >= 0.6 is 0 Å². The second-order valence-electron chi connectivity index (χ2n) is 6.78. The number of benzene rings is 1. The Hall–Kier alpha value is -0.950. The molecule has 0 amide bonds. The molecule has 1 aromatic rings. The van der Waals surface area contributed by atoms with Crippen molar-refractivity contribution < 1.29 is 13.2 Å². The first-order valence-electron chi connectivity index (χ1n) is 8.29. The Morgan fingerprint density at radius 1 is 1.13 bits per heavy atom. The molecule has 128 valence electrons. The lowest BCUT2D eigenvalue weighted by Gasteiger charge is -2.34. The molecular weight excluding hydrogens is 312 g/mol. The molecule has 5 nitrogen and oxygen atoms in total. The smallest absolute Gasteiger partial charge is 0.243 e. The Balaban J connectivity index is 1.82. The first kappa shape index (κ1) is 16.9. The molecule has 2 heterocycles. The number of nitrogens with zero attached hydrogens (tertiary/aromatic N) is 2. The van der Waals surface area contributed by atoms with Gasteiger partial charge in [0.1, 0.15) is 0 Å². The molecule has 0 bridgehead atoms. The summed E-state index contributed by atoms with van der Waals surface area (Å²) in [7, 11) is -3.42. The zero-order valence-electron chi connectivity index (χ0n) is 14.2. The van der Waals surface area contributed by atoms with Crippen LogP contribution in [0.5, 0.6) is 0 Å². The third-order valence-corrected chi connectivity index (χ3v) is 6.99. The predicted molar refractivity (Wildman–Crippen MR) is 90.0 cm³/mol. The monoisotopic (exact) mass is 338 g/mol. The van der Waals surface area contributed by atoms with E-state index < -0.39 is 10.0 Å². The van der Waals surface area contributed by atoms with Crippen LogP contribution in [0, 0.1) is 19.8 Å². The quantitative estimate of drug-likeness (QED) is 0.841. The fraction of sp³-hybridized carbons (Fsp3) is 0.647. The molecule has 2 atom stereocenters. The normalized spacial score (nSPS) is 27.4. The van der Waals surface area contributed by atoms with Crippen molar-refractivity contribution in [1.82, 2.24) is 9.21 Å². The number of hydrogen-bond donors (Lipinski definition) is 0. The molecule has 2 aliphatic rings. The van der Waals surface area contributed by atoms with Crippen LogP contribution in [0.4, 0.5) is 0 Å². The van der Waals surface area contributed by atoms with Crippen molar-refractivity contribution in [3.05, 3.63) is 29.3 Å². The van der Waals surface area contributed by atoms with Crippen LogP contribution in [0.2, 0.25) is 0 Å². The zero-order valence-corrected chi connectivity index (χ0v) is 15.0. The van der Waals surface area contributed by atoms with Crippen LogP contribution in [0.15, 0.2) is 23.1 Å². The second-order valence-corrected chi connectivity index (χ2v) is 8.69. The molecule has 6 heteroatoms. The van der Waals surface area contributed by atoms with E-state index in [1.54, 1.807) is 10.4 Å². The second kappa shape index (κ2) is 6.51. The summed E-state index contributed by atoms with van der Waals surface area (Å²) in [4.78, 5) is 2.83. The van der Waals surface area contributed by atoms with Crippen molar-refractivity contribution in [2.24, 2.45) is 5.92 Å². The highest BCUT2D eigenvalue weighted by molar-refractivity contribution is 7.89. The number of morpholine rings is 1. The standard InChI is InChI=1S/C17H26N2O3S/c1-13-4-5-14(2)17(10-13)23(20,21)19-11-15(3)16(12-19)18-6-8-22-9-7-18/h4-5,10,15-16H,6-9,11-12H2,1-3H3/t15-,16+/m1/s1. The van der Waals surface area contributed by atoms with Crippen LogP contribution in [-0.2, 0) is 14.8 Å². The third-order valence-electron chi connectivity index (χ3n) is 5.02. The molecule has 0 unspecified atom stereocenters. The van der Waals surface area contributed by atoms with Gasteiger partial charge < -0.3 is 4.74 Å². The Kier molecular flexibility index (Phi) is 4.78. The summed E-state index contributed by atoms with van der Waals surface area (Å²) < 4.78 is 33.2. The van der Waals surface area contributed by atoms with Crippen LogP contribution in [0.1, 0.15) is 18.1 Å². The average molecular weight is 338 g/mol. The van der Waals surface area contributed by atoms with E-state index in [1.807, 2.05) is 26.0 Å². The van der Waals surface area contributed by atoms with Crippen molar-refractivity contribution in [2.45, 2.75) is 31.7 Å². The van der Waals surface area contributed by atoms with E-state index in [2.05, 4.69) is 11.8 Å². The highest BCUT2D eigenvalue weighted by Gasteiger charge is 2.40. The fourth-order valence-electron chi connectivity index (χ4n) is 3.61. The number of aryl methyl sites for hydroxylation is 2. The molecule has 0 radical (unpaired) electrons. The molecule has 0 N–H and O–H groups in total. The first-order valence-corrected chi connectivity index (χ1v) is 9.73. The van der Waals surface area contributed by atoms with Crippen molar-refractivity contribution >= 4 is 10.0 Å². The third kappa shape index (κ3) is 3.31. The maximum Gasteiger partial charge on any atom is 0.243 e.